The number of carbonyl (C=O) groups is 1. The maximum atomic E-state index is 12.8. The second-order valence-electron chi connectivity index (χ2n) is 7.23. The van der Waals surface area contributed by atoms with Gasteiger partial charge in [-0.25, -0.2) is 0 Å². The number of likely N-dealkylation sites (tertiary alicyclic amines) is 1. The Morgan fingerprint density at radius 1 is 1.28 bits per heavy atom. The average Bonchev–Trinajstić information content (AvgIpc) is 3.07. The molecule has 1 aromatic heterocycles. The van der Waals surface area contributed by atoms with Crippen LogP contribution in [-0.4, -0.2) is 48.9 Å². The molecule has 0 bridgehead atoms. The van der Waals surface area contributed by atoms with E-state index in [1.807, 2.05) is 18.9 Å². The van der Waals surface area contributed by atoms with Crippen molar-refractivity contribution >= 4 is 27.5 Å². The number of aromatic amines is 1. The zero-order chi connectivity index (χ0) is 20.9. The molecule has 0 unspecified atom stereocenters. The Bertz CT molecular complexity index is 997. The van der Waals surface area contributed by atoms with Crippen molar-refractivity contribution in [2.75, 3.05) is 18.9 Å². The minimum Gasteiger partial charge on any atom is -0.362 e. The summed E-state index contributed by atoms with van der Waals surface area (Å²) in [5, 5.41) is 9.55. The summed E-state index contributed by atoms with van der Waals surface area (Å²) in [4.78, 5) is 14.4. The molecule has 0 aliphatic carbocycles. The monoisotopic (exact) mass is 417 g/mol. The molecule has 0 spiro atoms. The number of aryl methyl sites for hydroxylation is 1. The van der Waals surface area contributed by atoms with E-state index in [1.165, 1.54) is 12.1 Å². The minimum atomic E-state index is -3.86. The lowest BCUT2D eigenvalue weighted by Crippen LogP contribution is -2.26. The van der Waals surface area contributed by atoms with E-state index in [-0.39, 0.29) is 10.6 Å². The first-order valence-electron chi connectivity index (χ1n) is 9.89. The molecule has 1 aromatic carbocycles. The van der Waals surface area contributed by atoms with Crippen molar-refractivity contribution in [3.63, 3.8) is 0 Å². The number of amides is 1. The fourth-order valence-corrected chi connectivity index (χ4v) is 4.38. The van der Waals surface area contributed by atoms with Crippen molar-refractivity contribution in [2.24, 2.45) is 4.40 Å². The lowest BCUT2D eigenvalue weighted by molar-refractivity contribution is 0.102. The van der Waals surface area contributed by atoms with Crippen molar-refractivity contribution in [3.05, 3.63) is 41.7 Å². The van der Waals surface area contributed by atoms with Gasteiger partial charge in [-0.15, -0.1) is 4.40 Å². The summed E-state index contributed by atoms with van der Waals surface area (Å²) in [7, 11) is -1.99. The summed E-state index contributed by atoms with van der Waals surface area (Å²) >= 11 is 0. The highest BCUT2D eigenvalue weighted by molar-refractivity contribution is 7.90. The van der Waals surface area contributed by atoms with E-state index in [9.17, 15) is 13.2 Å². The third kappa shape index (κ3) is 5.44. The van der Waals surface area contributed by atoms with E-state index >= 15 is 0 Å². The molecule has 9 heteroatoms. The van der Waals surface area contributed by atoms with Gasteiger partial charge in [-0.05, 0) is 43.5 Å². The molecule has 2 heterocycles. The summed E-state index contributed by atoms with van der Waals surface area (Å²) in [6.07, 6.45) is 5.43. The van der Waals surface area contributed by atoms with Crippen molar-refractivity contribution in [1.82, 2.24) is 15.1 Å². The summed E-state index contributed by atoms with van der Waals surface area (Å²) in [6.45, 7) is 2.84. The van der Waals surface area contributed by atoms with E-state index in [0.717, 1.165) is 44.3 Å². The molecule has 0 radical (unpaired) electrons. The molecule has 1 fully saturated rings. The number of hydrogen-bond acceptors (Lipinski definition) is 4. The van der Waals surface area contributed by atoms with Crippen LogP contribution >= 0.6 is 0 Å². The molecule has 8 nitrogen and oxygen atoms in total. The van der Waals surface area contributed by atoms with Crippen molar-refractivity contribution in [2.45, 2.75) is 50.3 Å². The second kappa shape index (κ2) is 9.21. The number of aromatic nitrogens is 2. The Hall–Kier alpha value is -2.68. The van der Waals surface area contributed by atoms with Crippen LogP contribution in [0.25, 0.3) is 0 Å². The fourth-order valence-electron chi connectivity index (χ4n) is 3.24. The third-order valence-electron chi connectivity index (χ3n) is 4.83. The molecular weight excluding hydrogens is 390 g/mol. The molecule has 1 saturated heterocycles. The number of nitrogens with zero attached hydrogens (tertiary/aromatic N) is 3. The van der Waals surface area contributed by atoms with Gasteiger partial charge in [0.15, 0.2) is 5.69 Å². The summed E-state index contributed by atoms with van der Waals surface area (Å²) in [6, 6.07) is 7.84. The zero-order valence-corrected chi connectivity index (χ0v) is 17.6. The summed E-state index contributed by atoms with van der Waals surface area (Å²) in [5.74, 6) is 0.185. The van der Waals surface area contributed by atoms with E-state index in [2.05, 4.69) is 19.9 Å². The number of amidine groups is 1. The van der Waals surface area contributed by atoms with Crippen LogP contribution in [0.2, 0.25) is 0 Å². The van der Waals surface area contributed by atoms with Crippen LogP contribution in [-0.2, 0) is 16.4 Å². The number of hydrogen-bond donors (Lipinski definition) is 2. The van der Waals surface area contributed by atoms with Gasteiger partial charge in [0.2, 0.25) is 0 Å². The van der Waals surface area contributed by atoms with Crippen LogP contribution in [0.1, 0.15) is 55.2 Å². The number of benzene rings is 1. The molecular formula is C20H27N5O3S. The number of carbonyl (C=O) groups excluding carboxylic acids is 1. The Balaban J connectivity index is 1.78. The van der Waals surface area contributed by atoms with E-state index in [1.54, 1.807) is 18.2 Å². The number of sulfonamides is 1. The van der Waals surface area contributed by atoms with E-state index < -0.39 is 15.9 Å². The SMILES string of the molecule is CCCc1cc(C(=O)Nc2cccc(S(=O)(=O)N=C3CCCCCN3C)c2)n[nH]1. The molecule has 1 aliphatic heterocycles. The highest BCUT2D eigenvalue weighted by Crippen LogP contribution is 2.20. The van der Waals surface area contributed by atoms with Gasteiger partial charge >= 0.3 is 0 Å². The Morgan fingerprint density at radius 3 is 2.90 bits per heavy atom. The molecule has 2 N–H and O–H groups in total. The number of nitrogens with one attached hydrogen (secondary N) is 2. The van der Waals surface area contributed by atoms with Gasteiger partial charge in [-0.3, -0.25) is 9.89 Å². The Kier molecular flexibility index (Phi) is 6.68. The first-order chi connectivity index (χ1) is 13.9. The van der Waals surface area contributed by atoms with Gasteiger partial charge in [0.1, 0.15) is 5.84 Å². The van der Waals surface area contributed by atoms with Crippen LogP contribution in [0.5, 0.6) is 0 Å². The van der Waals surface area contributed by atoms with Crippen molar-refractivity contribution < 1.29 is 13.2 Å². The van der Waals surface area contributed by atoms with Crippen LogP contribution in [0.4, 0.5) is 5.69 Å². The van der Waals surface area contributed by atoms with Gasteiger partial charge in [0.05, 0.1) is 4.90 Å². The second-order valence-corrected chi connectivity index (χ2v) is 8.83. The quantitative estimate of drug-likeness (QED) is 0.750. The molecule has 1 amide bonds. The maximum Gasteiger partial charge on any atom is 0.284 e. The molecule has 0 atom stereocenters. The molecule has 3 rings (SSSR count). The standard InChI is InChI=1S/C20H27N5O3S/c1-3-8-16-14-18(23-22-16)20(26)21-15-9-7-10-17(13-15)29(27,28)24-19-11-5-4-6-12-25(19)2/h7,9-10,13-14H,3-6,8,11-12H2,1-2H3,(H,21,26)(H,22,23). The van der Waals surface area contributed by atoms with E-state index in [0.29, 0.717) is 17.9 Å². The van der Waals surface area contributed by atoms with Gasteiger partial charge in [0.25, 0.3) is 15.9 Å². The fraction of sp³-hybridized carbons (Fsp3) is 0.450. The topological polar surface area (TPSA) is 108 Å². The van der Waals surface area contributed by atoms with Gasteiger partial charge in [-0.1, -0.05) is 25.8 Å². The van der Waals surface area contributed by atoms with Gasteiger partial charge < -0.3 is 10.2 Å². The highest BCUT2D eigenvalue weighted by atomic mass is 32.2. The summed E-state index contributed by atoms with van der Waals surface area (Å²) < 4.78 is 29.7. The molecule has 0 saturated carbocycles. The first kappa shape index (κ1) is 21.0. The number of anilines is 1. The smallest absolute Gasteiger partial charge is 0.284 e. The Morgan fingerprint density at radius 2 is 2.10 bits per heavy atom. The molecule has 156 valence electrons. The van der Waals surface area contributed by atoms with Crippen molar-refractivity contribution in [3.8, 4) is 0 Å². The largest absolute Gasteiger partial charge is 0.362 e. The highest BCUT2D eigenvalue weighted by Gasteiger charge is 2.19. The minimum absolute atomic E-state index is 0.0501. The zero-order valence-electron chi connectivity index (χ0n) is 16.8. The predicted molar refractivity (Wildman–Crippen MR) is 113 cm³/mol. The average molecular weight is 418 g/mol. The third-order valence-corrected chi connectivity index (χ3v) is 6.13. The van der Waals surface area contributed by atoms with E-state index in [4.69, 9.17) is 0 Å². The van der Waals surface area contributed by atoms with Gasteiger partial charge in [0, 0.05) is 31.4 Å². The van der Waals surface area contributed by atoms with Crippen molar-refractivity contribution in [1.29, 1.82) is 0 Å². The van der Waals surface area contributed by atoms with Crippen LogP contribution in [0.15, 0.2) is 39.6 Å². The summed E-state index contributed by atoms with van der Waals surface area (Å²) in [5.41, 5.74) is 1.53. The lowest BCUT2D eigenvalue weighted by atomic mass is 10.2. The van der Waals surface area contributed by atoms with Gasteiger partial charge in [-0.2, -0.15) is 13.5 Å². The van der Waals surface area contributed by atoms with Crippen LogP contribution < -0.4 is 5.32 Å². The molecule has 29 heavy (non-hydrogen) atoms. The number of H-pyrrole nitrogens is 1. The first-order valence-corrected chi connectivity index (χ1v) is 11.3. The maximum absolute atomic E-state index is 12.8. The normalized spacial score (nSPS) is 16.6. The predicted octanol–water partition coefficient (Wildman–Crippen LogP) is 3.21. The van der Waals surface area contributed by atoms with Crippen LogP contribution in [0.3, 0.4) is 0 Å². The molecule has 1 aliphatic rings. The molecule has 2 aromatic rings. The Labute approximate surface area is 171 Å². The lowest BCUT2D eigenvalue weighted by Gasteiger charge is -2.17. The number of rotatable bonds is 6. The van der Waals surface area contributed by atoms with Crippen LogP contribution in [0, 0.1) is 0 Å².